The molecule has 1 aliphatic carbocycles. The summed E-state index contributed by atoms with van der Waals surface area (Å²) in [5.74, 6) is 2.95. The smallest absolute Gasteiger partial charge is 0.0816 e. The summed E-state index contributed by atoms with van der Waals surface area (Å²) >= 11 is 0. The van der Waals surface area contributed by atoms with Crippen molar-refractivity contribution in [2.24, 2.45) is 28.6 Å². The molecule has 2 aliphatic rings. The predicted molar refractivity (Wildman–Crippen MR) is 102 cm³/mol. The van der Waals surface area contributed by atoms with Gasteiger partial charge < -0.3 is 4.48 Å². The van der Waals surface area contributed by atoms with Crippen molar-refractivity contribution in [1.29, 1.82) is 0 Å². The average molecular weight is 323 g/mol. The van der Waals surface area contributed by atoms with Gasteiger partial charge in [-0.1, -0.05) is 60.3 Å². The van der Waals surface area contributed by atoms with Gasteiger partial charge in [-0.25, -0.2) is 0 Å². The Morgan fingerprint density at radius 1 is 0.826 bits per heavy atom. The van der Waals surface area contributed by atoms with Crippen molar-refractivity contribution in [3.05, 3.63) is 0 Å². The molecule has 0 aromatic carbocycles. The summed E-state index contributed by atoms with van der Waals surface area (Å²) in [7, 11) is 4.92. The minimum Gasteiger partial charge on any atom is -0.328 e. The van der Waals surface area contributed by atoms with Gasteiger partial charge in [0, 0.05) is 11.8 Å². The Hall–Kier alpha value is -0.0400. The monoisotopic (exact) mass is 322 g/mol. The fourth-order valence-electron chi connectivity index (χ4n) is 5.47. The topological polar surface area (TPSA) is 0 Å². The standard InChI is InChI=1S/C22H44N/c1-8-9-12-21(2,3)14-19-16-23(6,7)17-20(19)15-22(4,5)13-18-10-11-18/h18-20H,8-17H2,1-7H3/q+1. The third-order valence-electron chi connectivity index (χ3n) is 6.50. The van der Waals surface area contributed by atoms with E-state index in [0.717, 1.165) is 17.8 Å². The van der Waals surface area contributed by atoms with E-state index in [2.05, 4.69) is 48.7 Å². The molecule has 0 spiro atoms. The Morgan fingerprint density at radius 2 is 1.35 bits per heavy atom. The number of likely N-dealkylation sites (tertiary alicyclic amines) is 1. The Balaban J connectivity index is 1.97. The fraction of sp³-hybridized carbons (Fsp3) is 1.00. The third-order valence-corrected chi connectivity index (χ3v) is 6.50. The zero-order chi connectivity index (χ0) is 17.3. The number of hydrogen-bond donors (Lipinski definition) is 0. The summed E-state index contributed by atoms with van der Waals surface area (Å²) in [6, 6.07) is 0. The normalized spacial score (nSPS) is 28.3. The van der Waals surface area contributed by atoms with Crippen LogP contribution >= 0.6 is 0 Å². The molecule has 136 valence electrons. The zero-order valence-corrected chi connectivity index (χ0v) is 17.3. The number of hydrogen-bond acceptors (Lipinski definition) is 0. The van der Waals surface area contributed by atoms with Crippen molar-refractivity contribution in [1.82, 2.24) is 0 Å². The van der Waals surface area contributed by atoms with Gasteiger partial charge in [0.25, 0.3) is 0 Å². The van der Waals surface area contributed by atoms with Crippen LogP contribution in [-0.4, -0.2) is 31.7 Å². The summed E-state index contributed by atoms with van der Waals surface area (Å²) in [5, 5.41) is 0. The molecule has 1 saturated carbocycles. The lowest BCUT2D eigenvalue weighted by molar-refractivity contribution is -0.880. The average Bonchev–Trinajstić information content (AvgIpc) is 3.11. The van der Waals surface area contributed by atoms with Crippen LogP contribution in [0.15, 0.2) is 0 Å². The van der Waals surface area contributed by atoms with Gasteiger partial charge in [-0.15, -0.1) is 0 Å². The maximum atomic E-state index is 2.54. The molecule has 2 fully saturated rings. The van der Waals surface area contributed by atoms with Gasteiger partial charge in [0.2, 0.25) is 0 Å². The molecule has 0 bridgehead atoms. The second-order valence-electron chi connectivity index (χ2n) is 11.3. The minimum atomic E-state index is 0.532. The molecule has 2 atom stereocenters. The van der Waals surface area contributed by atoms with Crippen molar-refractivity contribution in [2.75, 3.05) is 27.2 Å². The molecular formula is C22H44N+. The molecule has 1 saturated heterocycles. The molecule has 1 nitrogen and oxygen atoms in total. The predicted octanol–water partition coefficient (Wildman–Crippen LogP) is 6.13. The van der Waals surface area contributed by atoms with Crippen molar-refractivity contribution < 1.29 is 4.48 Å². The summed E-state index contributed by atoms with van der Waals surface area (Å²) in [5.41, 5.74) is 1.09. The van der Waals surface area contributed by atoms with Crippen LogP contribution < -0.4 is 0 Å². The van der Waals surface area contributed by atoms with Crippen LogP contribution in [0.1, 0.15) is 86.0 Å². The first-order chi connectivity index (χ1) is 10.5. The second kappa shape index (κ2) is 7.06. The lowest BCUT2D eigenvalue weighted by Gasteiger charge is -2.33. The highest BCUT2D eigenvalue weighted by molar-refractivity contribution is 4.88. The molecule has 1 heteroatoms. The largest absolute Gasteiger partial charge is 0.328 e. The lowest BCUT2D eigenvalue weighted by atomic mass is 9.71. The number of rotatable bonds is 9. The van der Waals surface area contributed by atoms with E-state index >= 15 is 0 Å². The van der Waals surface area contributed by atoms with Crippen LogP contribution in [0.25, 0.3) is 0 Å². The van der Waals surface area contributed by atoms with Crippen molar-refractivity contribution in [3.63, 3.8) is 0 Å². The van der Waals surface area contributed by atoms with Crippen LogP contribution in [0.4, 0.5) is 0 Å². The first kappa shape index (κ1) is 19.3. The molecule has 1 aliphatic heterocycles. The van der Waals surface area contributed by atoms with Crippen LogP contribution in [-0.2, 0) is 0 Å². The van der Waals surface area contributed by atoms with Gasteiger partial charge in [0.1, 0.15) is 0 Å². The Bertz CT molecular complexity index is 375. The van der Waals surface area contributed by atoms with Gasteiger partial charge in [0.05, 0.1) is 27.2 Å². The Kier molecular flexibility index (Phi) is 5.92. The quantitative estimate of drug-likeness (QED) is 0.448. The third kappa shape index (κ3) is 6.40. The van der Waals surface area contributed by atoms with E-state index < -0.39 is 0 Å². The van der Waals surface area contributed by atoms with Gasteiger partial charge in [-0.3, -0.25) is 0 Å². The maximum Gasteiger partial charge on any atom is 0.0816 e. The van der Waals surface area contributed by atoms with Crippen molar-refractivity contribution in [3.8, 4) is 0 Å². The van der Waals surface area contributed by atoms with Gasteiger partial charge in [0.15, 0.2) is 0 Å². The molecule has 0 N–H and O–H groups in total. The minimum absolute atomic E-state index is 0.532. The van der Waals surface area contributed by atoms with E-state index in [1.54, 1.807) is 0 Å². The van der Waals surface area contributed by atoms with Crippen LogP contribution in [0.3, 0.4) is 0 Å². The van der Waals surface area contributed by atoms with Gasteiger partial charge in [-0.05, 0) is 42.4 Å². The molecule has 0 aromatic heterocycles. The number of nitrogens with zero attached hydrogens (tertiary/aromatic N) is 1. The van der Waals surface area contributed by atoms with Gasteiger partial charge >= 0.3 is 0 Å². The molecule has 2 unspecified atom stereocenters. The van der Waals surface area contributed by atoms with E-state index in [1.165, 1.54) is 68.9 Å². The Labute approximate surface area is 146 Å². The Morgan fingerprint density at radius 3 is 1.83 bits per heavy atom. The highest BCUT2D eigenvalue weighted by Gasteiger charge is 2.44. The second-order valence-corrected chi connectivity index (χ2v) is 11.3. The van der Waals surface area contributed by atoms with E-state index in [4.69, 9.17) is 0 Å². The lowest BCUT2D eigenvalue weighted by Crippen LogP contribution is -2.37. The highest BCUT2D eigenvalue weighted by atomic mass is 15.3. The summed E-state index contributed by atoms with van der Waals surface area (Å²) in [6.07, 6.45) is 11.5. The summed E-state index contributed by atoms with van der Waals surface area (Å²) in [6.45, 7) is 15.3. The van der Waals surface area contributed by atoms with Crippen molar-refractivity contribution in [2.45, 2.75) is 86.0 Å². The SMILES string of the molecule is CCCCC(C)(C)CC1C[N+](C)(C)CC1CC(C)(C)CC1CC1. The van der Waals surface area contributed by atoms with Crippen LogP contribution in [0.2, 0.25) is 0 Å². The summed E-state index contributed by atoms with van der Waals surface area (Å²) < 4.78 is 1.25. The summed E-state index contributed by atoms with van der Waals surface area (Å²) in [4.78, 5) is 0. The number of unbranched alkanes of at least 4 members (excludes halogenated alkanes) is 1. The first-order valence-electron chi connectivity index (χ1n) is 10.3. The van der Waals surface area contributed by atoms with Crippen LogP contribution in [0.5, 0.6) is 0 Å². The van der Waals surface area contributed by atoms with E-state index in [9.17, 15) is 0 Å². The van der Waals surface area contributed by atoms with Crippen molar-refractivity contribution >= 4 is 0 Å². The number of quaternary nitrogens is 1. The highest BCUT2D eigenvalue weighted by Crippen LogP contribution is 2.47. The molecule has 2 rings (SSSR count). The molecule has 0 radical (unpaired) electrons. The van der Waals surface area contributed by atoms with Crippen LogP contribution in [0, 0.1) is 28.6 Å². The maximum absolute atomic E-state index is 2.54. The molecule has 0 aromatic rings. The van der Waals surface area contributed by atoms with E-state index in [-0.39, 0.29) is 0 Å². The molecule has 23 heavy (non-hydrogen) atoms. The van der Waals surface area contributed by atoms with E-state index in [1.807, 2.05) is 0 Å². The van der Waals surface area contributed by atoms with Gasteiger partial charge in [-0.2, -0.15) is 0 Å². The zero-order valence-electron chi connectivity index (χ0n) is 17.3. The fourth-order valence-corrected chi connectivity index (χ4v) is 5.47. The molecule has 0 amide bonds. The molecule has 1 heterocycles. The van der Waals surface area contributed by atoms with E-state index in [0.29, 0.717) is 10.8 Å². The first-order valence-corrected chi connectivity index (χ1v) is 10.3. The molecular weight excluding hydrogens is 278 g/mol.